The second kappa shape index (κ2) is 30.5. The second-order valence-electron chi connectivity index (χ2n) is 15.5. The number of carbonyl (C=O) groups excluding carboxylic acids is 3. The number of aryl methyl sites for hydroxylation is 2. The van der Waals surface area contributed by atoms with Crippen molar-refractivity contribution in [3.05, 3.63) is 71.8 Å². The van der Waals surface area contributed by atoms with Crippen LogP contribution in [-0.2, 0) is 41.4 Å². The first kappa shape index (κ1) is 46.4. The predicted molar refractivity (Wildman–Crippen MR) is 221 cm³/mol. The minimum absolute atomic E-state index is 0.0552. The molecule has 0 N–H and O–H groups in total. The van der Waals surface area contributed by atoms with Crippen LogP contribution in [0.3, 0.4) is 0 Å². The highest BCUT2D eigenvalue weighted by molar-refractivity contribution is 7.99. The Morgan fingerprint density at radius 2 is 0.943 bits per heavy atom. The summed E-state index contributed by atoms with van der Waals surface area (Å²) in [6.07, 6.45) is 23.9. The summed E-state index contributed by atoms with van der Waals surface area (Å²) in [6.45, 7) is 5.62. The summed E-state index contributed by atoms with van der Waals surface area (Å²) in [5, 5.41) is 0. The van der Waals surface area contributed by atoms with Crippen LogP contribution in [0.1, 0.15) is 167 Å². The number of hydrogen-bond acceptors (Lipinski definition) is 7. The maximum atomic E-state index is 12.7. The fraction of sp³-hybridized carbons (Fsp3) is 0.674. The summed E-state index contributed by atoms with van der Waals surface area (Å²) in [5.41, 5.74) is 2.35. The van der Waals surface area contributed by atoms with E-state index in [1.165, 1.54) is 113 Å². The highest BCUT2D eigenvalue weighted by atomic mass is 32.2. The molecule has 0 heterocycles. The Balaban J connectivity index is 1.54. The van der Waals surface area contributed by atoms with Gasteiger partial charge in [-0.05, 0) is 70.4 Å². The number of ether oxygens (including phenoxy) is 3. The van der Waals surface area contributed by atoms with Crippen LogP contribution in [0.5, 0.6) is 0 Å². The Morgan fingerprint density at radius 3 is 1.40 bits per heavy atom. The molecule has 6 nitrogen and oxygen atoms in total. The van der Waals surface area contributed by atoms with Gasteiger partial charge in [-0.25, -0.2) is 0 Å². The molecule has 0 radical (unpaired) electrons. The number of thioether (sulfide) groups is 1. The topological polar surface area (TPSA) is 78.9 Å². The van der Waals surface area contributed by atoms with Crippen LogP contribution in [0.4, 0.5) is 0 Å². The molecular weight excluding hydrogens is 681 g/mol. The van der Waals surface area contributed by atoms with Crippen LogP contribution < -0.4 is 0 Å². The quantitative estimate of drug-likeness (QED) is 0.0418. The highest BCUT2D eigenvalue weighted by Gasteiger charge is 2.19. The number of unbranched alkanes of at least 4 members (excludes halogenated alkanes) is 16. The van der Waals surface area contributed by atoms with E-state index in [1.54, 1.807) is 0 Å². The average Bonchev–Trinajstić information content (AvgIpc) is 3.13. The second-order valence-corrected chi connectivity index (χ2v) is 16.7. The molecule has 1 unspecified atom stereocenters. The molecule has 7 heteroatoms. The Kier molecular flexibility index (Phi) is 26.7. The highest BCUT2D eigenvalue weighted by Crippen LogP contribution is 2.17. The van der Waals surface area contributed by atoms with Crippen molar-refractivity contribution in [1.82, 2.24) is 0 Å². The van der Waals surface area contributed by atoms with Crippen LogP contribution in [0.15, 0.2) is 60.7 Å². The van der Waals surface area contributed by atoms with E-state index in [9.17, 15) is 14.4 Å². The van der Waals surface area contributed by atoms with Crippen LogP contribution in [0, 0.1) is 0 Å². The van der Waals surface area contributed by atoms with E-state index in [1.807, 2.05) is 20.8 Å². The Morgan fingerprint density at radius 1 is 0.528 bits per heavy atom. The van der Waals surface area contributed by atoms with Gasteiger partial charge in [0, 0.05) is 24.3 Å². The minimum Gasteiger partial charge on any atom is -0.462 e. The molecule has 2 aromatic carbocycles. The molecule has 0 bridgehead atoms. The maximum Gasteiger partial charge on any atom is 0.307 e. The van der Waals surface area contributed by atoms with E-state index in [0.717, 1.165) is 38.5 Å². The normalized spacial score (nSPS) is 12.0. The molecule has 298 valence electrons. The Hall–Kier alpha value is -2.80. The van der Waals surface area contributed by atoms with Crippen LogP contribution in [0.2, 0.25) is 0 Å². The molecule has 0 fully saturated rings. The lowest BCUT2D eigenvalue weighted by Gasteiger charge is -2.20. The van der Waals surface area contributed by atoms with E-state index in [2.05, 4.69) is 60.7 Å². The van der Waals surface area contributed by atoms with Gasteiger partial charge in [-0.3, -0.25) is 14.4 Å². The van der Waals surface area contributed by atoms with Crippen molar-refractivity contribution in [2.45, 2.75) is 180 Å². The lowest BCUT2D eigenvalue weighted by atomic mass is 10.0. The third kappa shape index (κ3) is 28.3. The Bertz CT molecular complexity index is 1200. The predicted octanol–water partition coefficient (Wildman–Crippen LogP) is 12.2. The number of hydrogen-bond donors (Lipinski definition) is 0. The van der Waals surface area contributed by atoms with Crippen LogP contribution >= 0.6 is 11.8 Å². The lowest BCUT2D eigenvalue weighted by molar-refractivity contribution is -0.157. The zero-order valence-corrected chi connectivity index (χ0v) is 34.4. The lowest BCUT2D eigenvalue weighted by Crippen LogP contribution is -2.28. The van der Waals surface area contributed by atoms with Crippen molar-refractivity contribution < 1.29 is 28.6 Å². The largest absolute Gasteiger partial charge is 0.462 e. The van der Waals surface area contributed by atoms with Gasteiger partial charge in [-0.15, -0.1) is 0 Å². The third-order valence-corrected chi connectivity index (χ3v) is 10.4. The molecule has 0 aromatic heterocycles. The molecule has 0 spiro atoms. The molecule has 0 saturated carbocycles. The van der Waals surface area contributed by atoms with E-state index in [-0.39, 0.29) is 30.9 Å². The monoisotopic (exact) mass is 753 g/mol. The SMILES string of the molecule is CC(C)(C)OC(=O)CCSCC(COC(=O)CCCCCCCCCCCc1ccccc1)OC(=O)CCCCCCCCCCCc1ccccc1. The van der Waals surface area contributed by atoms with Crippen molar-refractivity contribution in [2.24, 2.45) is 0 Å². The van der Waals surface area contributed by atoms with Crippen molar-refractivity contribution in [1.29, 1.82) is 0 Å². The third-order valence-electron chi connectivity index (χ3n) is 9.28. The first-order valence-electron chi connectivity index (χ1n) is 20.9. The summed E-state index contributed by atoms with van der Waals surface area (Å²) in [6, 6.07) is 21.4. The van der Waals surface area contributed by atoms with Gasteiger partial charge >= 0.3 is 17.9 Å². The van der Waals surface area contributed by atoms with E-state index in [4.69, 9.17) is 14.2 Å². The molecule has 0 aliphatic carbocycles. The van der Waals surface area contributed by atoms with E-state index >= 15 is 0 Å². The molecule has 2 aromatic rings. The van der Waals surface area contributed by atoms with Gasteiger partial charge in [0.05, 0.1) is 6.42 Å². The summed E-state index contributed by atoms with van der Waals surface area (Å²) in [5.74, 6) is 0.302. The van der Waals surface area contributed by atoms with Crippen molar-refractivity contribution >= 4 is 29.7 Å². The fourth-order valence-electron chi connectivity index (χ4n) is 6.34. The van der Waals surface area contributed by atoms with Gasteiger partial charge < -0.3 is 14.2 Å². The molecule has 1 atom stereocenters. The van der Waals surface area contributed by atoms with Crippen molar-refractivity contribution in [2.75, 3.05) is 18.1 Å². The zero-order chi connectivity index (χ0) is 38.2. The van der Waals surface area contributed by atoms with Crippen LogP contribution in [0.25, 0.3) is 0 Å². The van der Waals surface area contributed by atoms with Crippen LogP contribution in [-0.4, -0.2) is 47.7 Å². The molecular formula is C46H72O6S. The van der Waals surface area contributed by atoms with Gasteiger partial charge in [0.2, 0.25) is 0 Å². The summed E-state index contributed by atoms with van der Waals surface area (Å²) in [7, 11) is 0. The zero-order valence-electron chi connectivity index (χ0n) is 33.6. The molecule has 0 saturated heterocycles. The van der Waals surface area contributed by atoms with Gasteiger partial charge in [0.15, 0.2) is 0 Å². The smallest absolute Gasteiger partial charge is 0.307 e. The number of esters is 3. The van der Waals surface area contributed by atoms with Crippen molar-refractivity contribution in [3.63, 3.8) is 0 Å². The van der Waals surface area contributed by atoms with Crippen molar-refractivity contribution in [3.8, 4) is 0 Å². The standard InChI is InChI=1S/C46H72O6S/c1-46(2,3)52-45(49)36-37-53-39-42(51-44(48)35-27-17-13-9-5-7-11-15-21-29-41-32-24-19-25-33-41)38-50-43(47)34-26-16-12-8-4-6-10-14-20-28-40-30-22-18-23-31-40/h18-19,22-25,30-33,42H,4-17,20-21,26-29,34-39H2,1-3H3. The Labute approximate surface area is 327 Å². The van der Waals surface area contributed by atoms with Gasteiger partial charge in [-0.2, -0.15) is 11.8 Å². The first-order valence-corrected chi connectivity index (χ1v) is 22.1. The first-order chi connectivity index (χ1) is 25.7. The molecule has 0 aliphatic rings. The number of benzene rings is 2. The molecule has 0 amide bonds. The maximum absolute atomic E-state index is 12.7. The summed E-state index contributed by atoms with van der Waals surface area (Å²) >= 11 is 1.52. The summed E-state index contributed by atoms with van der Waals surface area (Å²) < 4.78 is 16.7. The summed E-state index contributed by atoms with van der Waals surface area (Å²) in [4.78, 5) is 37.3. The fourth-order valence-corrected chi connectivity index (χ4v) is 7.25. The molecule has 53 heavy (non-hydrogen) atoms. The van der Waals surface area contributed by atoms with E-state index < -0.39 is 11.7 Å². The van der Waals surface area contributed by atoms with E-state index in [0.29, 0.717) is 24.3 Å². The number of rotatable bonds is 32. The number of carbonyl (C=O) groups is 3. The van der Waals surface area contributed by atoms with Gasteiger partial charge in [-0.1, -0.05) is 151 Å². The molecule has 0 aliphatic heterocycles. The van der Waals surface area contributed by atoms with Gasteiger partial charge in [0.1, 0.15) is 18.3 Å². The molecule has 2 rings (SSSR count). The van der Waals surface area contributed by atoms with Gasteiger partial charge in [0.25, 0.3) is 0 Å². The minimum atomic E-state index is -0.523. The average molecular weight is 753 g/mol.